The van der Waals surface area contributed by atoms with Crippen molar-refractivity contribution < 1.29 is 0 Å². The largest absolute Gasteiger partial charge is 0.360 e. The lowest BCUT2D eigenvalue weighted by Crippen LogP contribution is -2.36. The van der Waals surface area contributed by atoms with Crippen LogP contribution in [0, 0.1) is 0 Å². The number of hydrogen-bond donors (Lipinski definition) is 0. The van der Waals surface area contributed by atoms with Crippen LogP contribution >= 0.6 is 0 Å². The molecule has 1 saturated carbocycles. The molecule has 13 heavy (non-hydrogen) atoms. The highest BCUT2D eigenvalue weighted by Crippen LogP contribution is 2.24. The fraction of sp³-hybridized carbons (Fsp3) is 0.909. The first-order valence-electron chi connectivity index (χ1n) is 5.64. The van der Waals surface area contributed by atoms with E-state index in [0.717, 1.165) is 12.6 Å². The lowest BCUT2D eigenvalue weighted by molar-refractivity contribution is 0.359. The van der Waals surface area contributed by atoms with Crippen LogP contribution in [-0.2, 0) is 0 Å². The first-order chi connectivity index (χ1) is 6.38. The van der Waals surface area contributed by atoms with Crippen molar-refractivity contribution in [3.8, 4) is 0 Å². The van der Waals surface area contributed by atoms with Gasteiger partial charge in [-0.1, -0.05) is 12.8 Å². The van der Waals surface area contributed by atoms with Crippen LogP contribution in [0.25, 0.3) is 0 Å². The third kappa shape index (κ3) is 2.04. The van der Waals surface area contributed by atoms with Crippen LogP contribution in [0.4, 0.5) is 0 Å². The fourth-order valence-electron chi connectivity index (χ4n) is 2.47. The quantitative estimate of drug-likeness (QED) is 0.605. The van der Waals surface area contributed by atoms with Crippen molar-refractivity contribution in [3.63, 3.8) is 0 Å². The van der Waals surface area contributed by atoms with E-state index in [-0.39, 0.29) is 0 Å². The van der Waals surface area contributed by atoms with Gasteiger partial charge in [0.05, 0.1) is 5.84 Å². The maximum atomic E-state index is 4.62. The standard InChI is InChI=1S/C11H20N2/c1-13(10-6-2-3-7-10)11-8-4-5-9-12-11/h10H,2-9H2,1H3. The van der Waals surface area contributed by atoms with Gasteiger partial charge in [0, 0.05) is 26.1 Å². The molecule has 0 unspecified atom stereocenters. The molecule has 0 spiro atoms. The van der Waals surface area contributed by atoms with Crippen LogP contribution in [0.3, 0.4) is 0 Å². The van der Waals surface area contributed by atoms with Gasteiger partial charge in [-0.2, -0.15) is 0 Å². The highest BCUT2D eigenvalue weighted by atomic mass is 15.2. The highest BCUT2D eigenvalue weighted by molar-refractivity contribution is 5.82. The Morgan fingerprint density at radius 1 is 1.15 bits per heavy atom. The van der Waals surface area contributed by atoms with Crippen molar-refractivity contribution in [2.75, 3.05) is 13.6 Å². The Bertz CT molecular complexity index is 192. The molecule has 1 fully saturated rings. The number of rotatable bonds is 1. The summed E-state index contributed by atoms with van der Waals surface area (Å²) in [5.74, 6) is 1.37. The summed E-state index contributed by atoms with van der Waals surface area (Å²) >= 11 is 0. The summed E-state index contributed by atoms with van der Waals surface area (Å²) in [5, 5.41) is 0. The van der Waals surface area contributed by atoms with E-state index in [2.05, 4.69) is 16.9 Å². The summed E-state index contributed by atoms with van der Waals surface area (Å²) in [7, 11) is 2.24. The predicted molar refractivity (Wildman–Crippen MR) is 56.2 cm³/mol. The second-order valence-electron chi connectivity index (χ2n) is 4.30. The van der Waals surface area contributed by atoms with Gasteiger partial charge in [-0.25, -0.2) is 0 Å². The van der Waals surface area contributed by atoms with Gasteiger partial charge in [0.2, 0.25) is 0 Å². The van der Waals surface area contributed by atoms with Crippen LogP contribution in [0.5, 0.6) is 0 Å². The molecule has 2 rings (SSSR count). The van der Waals surface area contributed by atoms with Crippen LogP contribution < -0.4 is 0 Å². The molecule has 0 aromatic heterocycles. The molecule has 2 nitrogen and oxygen atoms in total. The summed E-state index contributed by atoms with van der Waals surface area (Å²) < 4.78 is 0. The van der Waals surface area contributed by atoms with E-state index in [9.17, 15) is 0 Å². The number of nitrogens with zero attached hydrogens (tertiary/aromatic N) is 2. The highest BCUT2D eigenvalue weighted by Gasteiger charge is 2.22. The molecular weight excluding hydrogens is 160 g/mol. The molecule has 0 amide bonds. The van der Waals surface area contributed by atoms with Gasteiger partial charge < -0.3 is 4.90 Å². The zero-order chi connectivity index (χ0) is 9.10. The topological polar surface area (TPSA) is 15.6 Å². The molecule has 1 aliphatic heterocycles. The summed E-state index contributed by atoms with van der Waals surface area (Å²) in [5.41, 5.74) is 0. The number of aliphatic imine (C=N–C) groups is 1. The van der Waals surface area contributed by atoms with Gasteiger partial charge in [-0.05, 0) is 25.7 Å². The zero-order valence-electron chi connectivity index (χ0n) is 8.63. The molecule has 0 N–H and O–H groups in total. The van der Waals surface area contributed by atoms with Crippen molar-refractivity contribution in [3.05, 3.63) is 0 Å². The Morgan fingerprint density at radius 3 is 2.54 bits per heavy atom. The lowest BCUT2D eigenvalue weighted by atomic mass is 10.1. The zero-order valence-corrected chi connectivity index (χ0v) is 8.63. The molecule has 0 bridgehead atoms. The van der Waals surface area contributed by atoms with E-state index in [4.69, 9.17) is 0 Å². The van der Waals surface area contributed by atoms with E-state index in [1.54, 1.807) is 0 Å². The van der Waals surface area contributed by atoms with Gasteiger partial charge in [0.25, 0.3) is 0 Å². The summed E-state index contributed by atoms with van der Waals surface area (Å²) in [4.78, 5) is 7.07. The molecule has 0 aromatic carbocycles. The van der Waals surface area contributed by atoms with Crippen molar-refractivity contribution >= 4 is 5.84 Å². The fourth-order valence-corrected chi connectivity index (χ4v) is 2.47. The summed E-state index contributed by atoms with van der Waals surface area (Å²) in [6.07, 6.45) is 9.46. The van der Waals surface area contributed by atoms with E-state index in [0.29, 0.717) is 0 Å². The van der Waals surface area contributed by atoms with Crippen LogP contribution in [0.15, 0.2) is 4.99 Å². The lowest BCUT2D eigenvalue weighted by Gasteiger charge is -2.29. The van der Waals surface area contributed by atoms with E-state index >= 15 is 0 Å². The maximum absolute atomic E-state index is 4.62. The Hall–Kier alpha value is -0.530. The molecule has 1 heterocycles. The third-order valence-electron chi connectivity index (χ3n) is 3.38. The molecule has 0 radical (unpaired) electrons. The minimum atomic E-state index is 0.803. The average molecular weight is 180 g/mol. The van der Waals surface area contributed by atoms with E-state index < -0.39 is 0 Å². The van der Waals surface area contributed by atoms with Gasteiger partial charge in [0.15, 0.2) is 0 Å². The summed E-state index contributed by atoms with van der Waals surface area (Å²) in [6, 6.07) is 0.803. The second-order valence-corrected chi connectivity index (χ2v) is 4.30. The normalized spacial score (nSPS) is 24.5. The third-order valence-corrected chi connectivity index (χ3v) is 3.38. The molecule has 2 aliphatic rings. The smallest absolute Gasteiger partial charge is 0.0988 e. The Kier molecular flexibility index (Phi) is 2.87. The number of amidine groups is 1. The van der Waals surface area contributed by atoms with Gasteiger partial charge in [0.1, 0.15) is 0 Å². The molecule has 74 valence electrons. The van der Waals surface area contributed by atoms with Crippen molar-refractivity contribution in [1.29, 1.82) is 0 Å². The van der Waals surface area contributed by atoms with Gasteiger partial charge in [-0.15, -0.1) is 0 Å². The molecular formula is C11H20N2. The molecule has 0 atom stereocenters. The summed E-state index contributed by atoms with van der Waals surface area (Å²) in [6.45, 7) is 1.06. The first kappa shape index (κ1) is 9.04. The SMILES string of the molecule is CN(C1=NCCCC1)C1CCCC1. The Labute approximate surface area is 81.0 Å². The molecule has 0 saturated heterocycles. The first-order valence-corrected chi connectivity index (χ1v) is 5.64. The molecule has 0 aromatic rings. The second kappa shape index (κ2) is 4.12. The van der Waals surface area contributed by atoms with Crippen molar-refractivity contribution in [2.45, 2.75) is 51.0 Å². The molecule has 1 aliphatic carbocycles. The minimum absolute atomic E-state index is 0.803. The molecule has 2 heteroatoms. The predicted octanol–water partition coefficient (Wildman–Crippen LogP) is 2.44. The Morgan fingerprint density at radius 2 is 1.92 bits per heavy atom. The Balaban J connectivity index is 1.94. The van der Waals surface area contributed by atoms with Gasteiger partial charge >= 0.3 is 0 Å². The van der Waals surface area contributed by atoms with E-state index in [1.807, 2.05) is 0 Å². The van der Waals surface area contributed by atoms with E-state index in [1.165, 1.54) is 50.8 Å². The van der Waals surface area contributed by atoms with Crippen molar-refractivity contribution in [2.24, 2.45) is 4.99 Å². The minimum Gasteiger partial charge on any atom is -0.360 e. The average Bonchev–Trinajstić information content (AvgIpc) is 2.71. The number of hydrogen-bond acceptors (Lipinski definition) is 2. The van der Waals surface area contributed by atoms with Crippen LogP contribution in [-0.4, -0.2) is 30.4 Å². The van der Waals surface area contributed by atoms with Gasteiger partial charge in [-0.3, -0.25) is 4.99 Å². The van der Waals surface area contributed by atoms with Crippen LogP contribution in [0.1, 0.15) is 44.9 Å². The maximum Gasteiger partial charge on any atom is 0.0988 e. The van der Waals surface area contributed by atoms with Crippen molar-refractivity contribution in [1.82, 2.24) is 4.90 Å². The monoisotopic (exact) mass is 180 g/mol. The van der Waals surface area contributed by atoms with Crippen LogP contribution in [0.2, 0.25) is 0 Å².